The molecule has 4 nitrogen and oxygen atoms in total. The highest BCUT2D eigenvalue weighted by Gasteiger charge is 2.20. The number of aromatic nitrogens is 1. The van der Waals surface area contributed by atoms with Crippen LogP contribution >= 0.6 is 34.7 Å². The van der Waals surface area contributed by atoms with E-state index in [9.17, 15) is 4.79 Å². The van der Waals surface area contributed by atoms with Gasteiger partial charge in [0.2, 0.25) is 0 Å². The Bertz CT molecular complexity index is 625. The molecule has 0 atom stereocenters. The van der Waals surface area contributed by atoms with Gasteiger partial charge >= 0.3 is 5.97 Å². The van der Waals surface area contributed by atoms with Crippen molar-refractivity contribution in [1.29, 1.82) is 0 Å². The lowest BCUT2D eigenvalue weighted by Gasteiger charge is -2.05. The fraction of sp³-hybridized carbons (Fsp3) is 0.200. The Balaban J connectivity index is 2.88. The summed E-state index contributed by atoms with van der Waals surface area (Å²) in [7, 11) is 0. The molecule has 0 aliphatic heterocycles. The highest BCUT2D eigenvalue weighted by atomic mass is 35.5. The van der Waals surface area contributed by atoms with E-state index in [0.717, 1.165) is 16.9 Å². The van der Waals surface area contributed by atoms with Crippen molar-refractivity contribution < 1.29 is 9.90 Å². The number of hydrogen-bond acceptors (Lipinski definition) is 5. The number of thiophene rings is 1. The number of pyridine rings is 1. The van der Waals surface area contributed by atoms with Gasteiger partial charge in [-0.25, -0.2) is 9.78 Å². The highest BCUT2D eigenvalue weighted by Crippen LogP contribution is 2.40. The first kappa shape index (κ1) is 12.5. The second kappa shape index (κ2) is 4.36. The standard InChI is InChI=1S/C10H9ClN2O2S2/c1-3-4-6(12)7(10(14)15)17-8(4)13-9(16-2)5(3)11/h12H2,1-2H3,(H,14,15). The van der Waals surface area contributed by atoms with Crippen molar-refractivity contribution in [3.05, 3.63) is 15.5 Å². The van der Waals surface area contributed by atoms with Crippen molar-refractivity contribution in [2.24, 2.45) is 0 Å². The molecule has 0 aliphatic rings. The van der Waals surface area contributed by atoms with Gasteiger partial charge in [-0.3, -0.25) is 0 Å². The first-order valence-electron chi connectivity index (χ1n) is 4.62. The van der Waals surface area contributed by atoms with Crippen LogP contribution < -0.4 is 5.73 Å². The van der Waals surface area contributed by atoms with Crippen LogP contribution in [0, 0.1) is 6.92 Å². The van der Waals surface area contributed by atoms with Crippen molar-refractivity contribution in [1.82, 2.24) is 4.98 Å². The van der Waals surface area contributed by atoms with E-state index < -0.39 is 5.97 Å². The van der Waals surface area contributed by atoms with Gasteiger partial charge in [-0.05, 0) is 18.7 Å². The molecule has 2 heterocycles. The molecule has 0 bridgehead atoms. The molecule has 3 N–H and O–H groups in total. The summed E-state index contributed by atoms with van der Waals surface area (Å²) in [5.74, 6) is -1.04. The topological polar surface area (TPSA) is 76.2 Å². The Labute approximate surface area is 111 Å². The number of aromatic carboxylic acids is 1. The fourth-order valence-electron chi connectivity index (χ4n) is 1.58. The monoisotopic (exact) mass is 288 g/mol. The predicted octanol–water partition coefficient (Wildman–Crippen LogP) is 3.26. The zero-order chi connectivity index (χ0) is 12.7. The van der Waals surface area contributed by atoms with E-state index in [-0.39, 0.29) is 10.6 Å². The van der Waals surface area contributed by atoms with Crippen molar-refractivity contribution in [3.8, 4) is 0 Å². The summed E-state index contributed by atoms with van der Waals surface area (Å²) in [6.07, 6.45) is 1.87. The summed E-state index contributed by atoms with van der Waals surface area (Å²) in [6.45, 7) is 1.82. The van der Waals surface area contributed by atoms with E-state index in [1.54, 1.807) is 0 Å². The van der Waals surface area contributed by atoms with Gasteiger partial charge in [0, 0.05) is 5.39 Å². The number of aryl methyl sites for hydroxylation is 1. The Morgan fingerprint density at radius 2 is 2.24 bits per heavy atom. The second-order valence-corrected chi connectivity index (χ2v) is 5.56. The molecular weight excluding hydrogens is 280 g/mol. The normalized spacial score (nSPS) is 11.0. The van der Waals surface area contributed by atoms with Crippen LogP contribution in [-0.4, -0.2) is 22.3 Å². The average Bonchev–Trinajstić information content (AvgIpc) is 2.61. The Kier molecular flexibility index (Phi) is 3.20. The van der Waals surface area contributed by atoms with Gasteiger partial charge in [0.05, 0.1) is 10.7 Å². The molecule has 0 spiro atoms. The minimum absolute atomic E-state index is 0.116. The van der Waals surface area contributed by atoms with Gasteiger partial charge in [-0.2, -0.15) is 0 Å². The number of rotatable bonds is 2. The summed E-state index contributed by atoms with van der Waals surface area (Å²) < 4.78 is 0. The van der Waals surface area contributed by atoms with Crippen LogP contribution in [0.2, 0.25) is 5.02 Å². The number of carboxylic acids is 1. The summed E-state index contributed by atoms with van der Waals surface area (Å²) >= 11 is 8.65. The van der Waals surface area contributed by atoms with Crippen molar-refractivity contribution in [2.45, 2.75) is 11.9 Å². The van der Waals surface area contributed by atoms with Crippen LogP contribution in [0.5, 0.6) is 0 Å². The number of carboxylic acid groups (broad SMARTS) is 1. The summed E-state index contributed by atoms with van der Waals surface area (Å²) in [4.78, 5) is 16.1. The van der Waals surface area contributed by atoms with E-state index in [1.807, 2.05) is 13.2 Å². The molecule has 2 rings (SSSR count). The fourth-order valence-corrected chi connectivity index (χ4v) is 3.51. The van der Waals surface area contributed by atoms with Crippen LogP contribution in [0.3, 0.4) is 0 Å². The quantitative estimate of drug-likeness (QED) is 0.830. The van der Waals surface area contributed by atoms with Crippen LogP contribution in [-0.2, 0) is 0 Å². The third-order valence-corrected chi connectivity index (χ3v) is 4.75. The van der Waals surface area contributed by atoms with Crippen LogP contribution in [0.25, 0.3) is 10.2 Å². The van der Waals surface area contributed by atoms with Gasteiger partial charge in [0.25, 0.3) is 0 Å². The number of nitrogen functional groups attached to an aromatic ring is 1. The molecule has 0 radical (unpaired) electrons. The maximum atomic E-state index is 11.0. The lowest BCUT2D eigenvalue weighted by Crippen LogP contribution is -1.97. The zero-order valence-electron chi connectivity index (χ0n) is 9.07. The molecule has 90 valence electrons. The van der Waals surface area contributed by atoms with E-state index in [0.29, 0.717) is 20.3 Å². The average molecular weight is 289 g/mol. The molecule has 0 aliphatic carbocycles. The minimum atomic E-state index is -1.04. The molecule has 17 heavy (non-hydrogen) atoms. The van der Waals surface area contributed by atoms with E-state index in [2.05, 4.69) is 4.98 Å². The number of hydrogen-bond donors (Lipinski definition) is 2. The summed E-state index contributed by atoms with van der Waals surface area (Å²) in [6, 6.07) is 0. The second-order valence-electron chi connectivity index (χ2n) is 3.39. The number of halogens is 1. The largest absolute Gasteiger partial charge is 0.477 e. The minimum Gasteiger partial charge on any atom is -0.477 e. The number of nitrogens with zero attached hydrogens (tertiary/aromatic N) is 1. The van der Waals surface area contributed by atoms with Gasteiger partial charge in [-0.15, -0.1) is 23.1 Å². The molecule has 0 saturated heterocycles. The summed E-state index contributed by atoms with van der Waals surface area (Å²) in [5.41, 5.74) is 6.85. The highest BCUT2D eigenvalue weighted by molar-refractivity contribution is 7.98. The number of anilines is 1. The Hall–Kier alpha value is -0.980. The van der Waals surface area contributed by atoms with E-state index in [4.69, 9.17) is 22.4 Å². The number of carbonyl (C=O) groups is 1. The van der Waals surface area contributed by atoms with Gasteiger partial charge < -0.3 is 10.8 Å². The van der Waals surface area contributed by atoms with Crippen molar-refractivity contribution >= 4 is 56.6 Å². The van der Waals surface area contributed by atoms with Crippen molar-refractivity contribution in [2.75, 3.05) is 12.0 Å². The molecule has 7 heteroatoms. The lowest BCUT2D eigenvalue weighted by atomic mass is 10.2. The van der Waals surface area contributed by atoms with Gasteiger partial charge in [-0.1, -0.05) is 11.6 Å². The number of nitrogens with two attached hydrogens (primary N) is 1. The molecular formula is C10H9ClN2O2S2. The third-order valence-electron chi connectivity index (χ3n) is 2.41. The first-order valence-corrected chi connectivity index (χ1v) is 7.04. The Morgan fingerprint density at radius 3 is 2.76 bits per heavy atom. The number of fused-ring (bicyclic) bond motifs is 1. The first-order chi connectivity index (χ1) is 7.97. The van der Waals surface area contributed by atoms with Gasteiger partial charge in [0.15, 0.2) is 0 Å². The Morgan fingerprint density at radius 1 is 1.59 bits per heavy atom. The molecule has 0 saturated carbocycles. The molecule has 2 aromatic heterocycles. The SMILES string of the molecule is CSc1nc2sc(C(=O)O)c(N)c2c(C)c1Cl. The third kappa shape index (κ3) is 1.86. The molecule has 2 aromatic rings. The smallest absolute Gasteiger partial charge is 0.348 e. The molecule has 0 fully saturated rings. The zero-order valence-corrected chi connectivity index (χ0v) is 11.5. The van der Waals surface area contributed by atoms with E-state index >= 15 is 0 Å². The molecule has 0 amide bonds. The number of thioether (sulfide) groups is 1. The molecule has 0 unspecified atom stereocenters. The maximum Gasteiger partial charge on any atom is 0.348 e. The van der Waals surface area contributed by atoms with Gasteiger partial charge in [0.1, 0.15) is 14.7 Å². The predicted molar refractivity (Wildman–Crippen MR) is 72.5 cm³/mol. The van der Waals surface area contributed by atoms with Crippen LogP contribution in [0.15, 0.2) is 5.03 Å². The van der Waals surface area contributed by atoms with Crippen LogP contribution in [0.1, 0.15) is 15.2 Å². The van der Waals surface area contributed by atoms with Crippen molar-refractivity contribution in [3.63, 3.8) is 0 Å². The maximum absolute atomic E-state index is 11.0. The lowest BCUT2D eigenvalue weighted by molar-refractivity contribution is 0.0703. The van der Waals surface area contributed by atoms with E-state index in [1.165, 1.54) is 11.8 Å². The summed E-state index contributed by atoms with van der Waals surface area (Å²) in [5, 5.41) is 10.9. The molecule has 0 aromatic carbocycles. The van der Waals surface area contributed by atoms with Crippen LogP contribution in [0.4, 0.5) is 5.69 Å².